The molecule has 0 unspecified atom stereocenters. The van der Waals surface area contributed by atoms with Crippen LogP contribution in [0.15, 0.2) is 23.2 Å². The summed E-state index contributed by atoms with van der Waals surface area (Å²) in [5.74, 6) is 0.126. The molecule has 0 aliphatic carbocycles. The van der Waals surface area contributed by atoms with Crippen molar-refractivity contribution >= 4 is 38.4 Å². The van der Waals surface area contributed by atoms with Gasteiger partial charge in [0.15, 0.2) is 15.0 Å². The van der Waals surface area contributed by atoms with E-state index in [1.807, 2.05) is 11.0 Å². The van der Waals surface area contributed by atoms with Gasteiger partial charge < -0.3 is 4.90 Å². The van der Waals surface area contributed by atoms with Gasteiger partial charge in [0, 0.05) is 17.4 Å². The predicted molar refractivity (Wildman–Crippen MR) is 104 cm³/mol. The van der Waals surface area contributed by atoms with E-state index in [0.717, 1.165) is 18.5 Å². The van der Waals surface area contributed by atoms with E-state index in [2.05, 4.69) is 31.0 Å². The highest BCUT2D eigenvalue weighted by Gasteiger charge is 2.50. The van der Waals surface area contributed by atoms with Crippen LogP contribution in [0.1, 0.15) is 38.3 Å². The van der Waals surface area contributed by atoms with Crippen LogP contribution in [0.2, 0.25) is 0 Å². The molecule has 7 heteroatoms. The first-order valence-electron chi connectivity index (χ1n) is 8.78. The summed E-state index contributed by atoms with van der Waals surface area (Å²) < 4.78 is 24.3. The number of hydrogen-bond donors (Lipinski definition) is 0. The van der Waals surface area contributed by atoms with Crippen molar-refractivity contribution in [1.29, 1.82) is 0 Å². The number of aryl methyl sites for hydroxylation is 2. The maximum atomic E-state index is 12.2. The minimum Gasteiger partial charge on any atom is -0.315 e. The minimum atomic E-state index is -3.05. The van der Waals surface area contributed by atoms with E-state index in [1.54, 1.807) is 6.92 Å². The standard InChI is InChI=1S/C18H24N2O3S2/c1-4-12-8-7-9-13(5-2)17(12)20-14-10-25(22,23)11-15(14)24-18(20)19-16(21)6-3/h7-9,14-15H,4-6,10-11H2,1-3H3/t14-,15-/m1/s1. The summed E-state index contributed by atoms with van der Waals surface area (Å²) in [6.07, 6.45) is 2.05. The molecule has 5 nitrogen and oxygen atoms in total. The number of fused-ring (bicyclic) bond motifs is 1. The number of rotatable bonds is 4. The summed E-state index contributed by atoms with van der Waals surface area (Å²) in [5, 5.41) is 0.607. The third-order valence-electron chi connectivity index (χ3n) is 4.80. The summed E-state index contributed by atoms with van der Waals surface area (Å²) in [6, 6.07) is 6.06. The number of aliphatic imine (C=N–C) groups is 1. The van der Waals surface area contributed by atoms with Crippen molar-refractivity contribution in [2.75, 3.05) is 16.4 Å². The lowest BCUT2D eigenvalue weighted by atomic mass is 10.0. The average Bonchev–Trinajstić information content (AvgIpc) is 3.04. The molecule has 2 aliphatic rings. The average molecular weight is 381 g/mol. The summed E-state index contributed by atoms with van der Waals surface area (Å²) in [6.45, 7) is 5.98. The van der Waals surface area contributed by atoms with Crippen molar-refractivity contribution in [2.45, 2.75) is 51.3 Å². The van der Waals surface area contributed by atoms with E-state index in [9.17, 15) is 13.2 Å². The molecule has 2 atom stereocenters. The highest BCUT2D eigenvalue weighted by molar-refractivity contribution is 8.16. The number of anilines is 1. The maximum absolute atomic E-state index is 12.2. The summed E-state index contributed by atoms with van der Waals surface area (Å²) in [4.78, 5) is 18.3. The van der Waals surface area contributed by atoms with Crippen LogP contribution >= 0.6 is 11.8 Å². The SMILES string of the molecule is CCC(=O)N=C1S[C@@H]2CS(=O)(=O)C[C@H]2N1c1c(CC)cccc1CC. The van der Waals surface area contributed by atoms with Crippen LogP contribution in [-0.4, -0.2) is 42.3 Å². The third-order valence-corrected chi connectivity index (χ3v) is 8.00. The number of benzene rings is 1. The van der Waals surface area contributed by atoms with Gasteiger partial charge in [-0.2, -0.15) is 4.99 Å². The zero-order valence-electron chi connectivity index (χ0n) is 14.9. The molecule has 0 saturated carbocycles. The Hall–Kier alpha value is -1.34. The molecule has 2 fully saturated rings. The van der Waals surface area contributed by atoms with Crippen LogP contribution in [0, 0.1) is 0 Å². The van der Waals surface area contributed by atoms with E-state index in [0.29, 0.717) is 11.6 Å². The molecule has 1 amide bonds. The monoisotopic (exact) mass is 380 g/mol. The molecule has 0 N–H and O–H groups in total. The summed E-state index contributed by atoms with van der Waals surface area (Å²) in [7, 11) is -3.05. The molecule has 0 bridgehead atoms. The third kappa shape index (κ3) is 3.49. The number of amides is 1. The van der Waals surface area contributed by atoms with Crippen molar-refractivity contribution < 1.29 is 13.2 Å². The quantitative estimate of drug-likeness (QED) is 0.803. The van der Waals surface area contributed by atoms with E-state index in [4.69, 9.17) is 0 Å². The van der Waals surface area contributed by atoms with Crippen LogP contribution in [0.25, 0.3) is 0 Å². The molecule has 2 aliphatic heterocycles. The van der Waals surface area contributed by atoms with Gasteiger partial charge in [-0.25, -0.2) is 8.42 Å². The van der Waals surface area contributed by atoms with Gasteiger partial charge in [-0.05, 0) is 24.0 Å². The van der Waals surface area contributed by atoms with E-state index >= 15 is 0 Å². The maximum Gasteiger partial charge on any atom is 0.247 e. The smallest absolute Gasteiger partial charge is 0.247 e. The van der Waals surface area contributed by atoms with Crippen molar-refractivity contribution in [3.05, 3.63) is 29.3 Å². The fourth-order valence-electron chi connectivity index (χ4n) is 3.54. The fourth-order valence-corrected chi connectivity index (χ4v) is 7.45. The number of sulfone groups is 1. The lowest BCUT2D eigenvalue weighted by molar-refractivity contribution is -0.117. The van der Waals surface area contributed by atoms with Crippen LogP contribution in [0.5, 0.6) is 0 Å². The zero-order chi connectivity index (χ0) is 18.2. The molecule has 0 radical (unpaired) electrons. The zero-order valence-corrected chi connectivity index (χ0v) is 16.5. The van der Waals surface area contributed by atoms with Crippen LogP contribution < -0.4 is 4.90 Å². The lowest BCUT2D eigenvalue weighted by Gasteiger charge is -2.29. The molecular weight excluding hydrogens is 356 g/mol. The number of carbonyl (C=O) groups is 1. The molecule has 0 aromatic heterocycles. The highest BCUT2D eigenvalue weighted by Crippen LogP contribution is 2.43. The Labute approximate surface area is 153 Å². The number of amidine groups is 1. The van der Waals surface area contributed by atoms with Gasteiger partial charge in [-0.15, -0.1) is 0 Å². The van der Waals surface area contributed by atoms with Crippen LogP contribution in [-0.2, 0) is 27.5 Å². The molecule has 2 saturated heterocycles. The largest absolute Gasteiger partial charge is 0.315 e. The second kappa shape index (κ2) is 7.11. The first-order chi connectivity index (χ1) is 11.9. The Balaban J connectivity index is 2.15. The number of thioether (sulfide) groups is 1. The Bertz CT molecular complexity index is 795. The Morgan fingerprint density at radius 2 is 1.84 bits per heavy atom. The predicted octanol–water partition coefficient (Wildman–Crippen LogP) is 2.82. The Morgan fingerprint density at radius 3 is 2.40 bits per heavy atom. The number of para-hydroxylation sites is 1. The van der Waals surface area contributed by atoms with Gasteiger partial charge in [-0.3, -0.25) is 4.79 Å². The van der Waals surface area contributed by atoms with E-state index in [-0.39, 0.29) is 28.7 Å². The van der Waals surface area contributed by atoms with E-state index < -0.39 is 9.84 Å². The lowest BCUT2D eigenvalue weighted by Crippen LogP contribution is -2.39. The number of nitrogens with zero attached hydrogens (tertiary/aromatic N) is 2. The Kier molecular flexibility index (Phi) is 5.25. The van der Waals surface area contributed by atoms with Gasteiger partial charge >= 0.3 is 0 Å². The van der Waals surface area contributed by atoms with Gasteiger partial charge in [0.25, 0.3) is 0 Å². The topological polar surface area (TPSA) is 66.8 Å². The summed E-state index contributed by atoms with van der Waals surface area (Å²) >= 11 is 1.44. The molecule has 1 aromatic rings. The first kappa shape index (κ1) is 18.5. The van der Waals surface area contributed by atoms with Gasteiger partial charge in [0.05, 0.1) is 17.5 Å². The minimum absolute atomic E-state index is 0.0528. The molecule has 0 spiro atoms. The van der Waals surface area contributed by atoms with Crippen LogP contribution in [0.4, 0.5) is 5.69 Å². The fraction of sp³-hybridized carbons (Fsp3) is 0.556. The number of carbonyl (C=O) groups excluding carboxylic acids is 1. The van der Waals surface area contributed by atoms with Gasteiger partial charge in [-0.1, -0.05) is 50.7 Å². The molecule has 2 heterocycles. The van der Waals surface area contributed by atoms with Crippen LogP contribution in [0.3, 0.4) is 0 Å². The molecule has 1 aromatic carbocycles. The second-order valence-corrected chi connectivity index (χ2v) is 9.80. The van der Waals surface area contributed by atoms with Gasteiger partial charge in [0.2, 0.25) is 5.91 Å². The second-order valence-electron chi connectivity index (χ2n) is 6.44. The number of hydrogen-bond acceptors (Lipinski definition) is 4. The van der Waals surface area contributed by atoms with Crippen molar-refractivity contribution in [3.63, 3.8) is 0 Å². The van der Waals surface area contributed by atoms with E-state index in [1.165, 1.54) is 22.9 Å². The first-order valence-corrected chi connectivity index (χ1v) is 11.5. The summed E-state index contributed by atoms with van der Waals surface area (Å²) in [5.41, 5.74) is 3.38. The molecular formula is C18H24N2O3S2. The normalized spacial score (nSPS) is 26.2. The molecule has 136 valence electrons. The molecule has 3 rings (SSSR count). The van der Waals surface area contributed by atoms with Crippen molar-refractivity contribution in [1.82, 2.24) is 0 Å². The van der Waals surface area contributed by atoms with Crippen molar-refractivity contribution in [2.24, 2.45) is 4.99 Å². The Morgan fingerprint density at radius 1 is 1.20 bits per heavy atom. The van der Waals surface area contributed by atoms with Gasteiger partial charge in [0.1, 0.15) is 0 Å². The molecule has 25 heavy (non-hydrogen) atoms. The highest BCUT2D eigenvalue weighted by atomic mass is 32.2. The van der Waals surface area contributed by atoms with Crippen molar-refractivity contribution in [3.8, 4) is 0 Å².